The highest BCUT2D eigenvalue weighted by Gasteiger charge is 2.23. The van der Waals surface area contributed by atoms with Crippen molar-refractivity contribution in [2.24, 2.45) is 11.7 Å². The third-order valence-electron chi connectivity index (χ3n) is 2.45. The van der Waals surface area contributed by atoms with Crippen molar-refractivity contribution in [2.75, 3.05) is 5.75 Å². The quantitative estimate of drug-likeness (QED) is 0.691. The largest absolute Gasteiger partial charge is 0.324 e. The number of nitrogens with two attached hydrogens (primary N) is 1. The second kappa shape index (κ2) is 3.31. The number of hydrogen-bond acceptors (Lipinski definition) is 2. The molecule has 3 heteroatoms. The highest BCUT2D eigenvalue weighted by molar-refractivity contribution is 7.99. The highest BCUT2D eigenvalue weighted by atomic mass is 32.2. The van der Waals surface area contributed by atoms with E-state index in [1.54, 1.807) is 23.9 Å². The lowest BCUT2D eigenvalue weighted by Gasteiger charge is -2.27. The van der Waals surface area contributed by atoms with Crippen molar-refractivity contribution < 1.29 is 4.39 Å². The van der Waals surface area contributed by atoms with Crippen molar-refractivity contribution in [1.29, 1.82) is 0 Å². The fourth-order valence-corrected chi connectivity index (χ4v) is 2.76. The topological polar surface area (TPSA) is 26.0 Å². The van der Waals surface area contributed by atoms with Gasteiger partial charge in [-0.1, -0.05) is 13.0 Å². The molecule has 2 rings (SSSR count). The number of hydrogen-bond donors (Lipinski definition) is 1. The van der Waals surface area contributed by atoms with E-state index in [-0.39, 0.29) is 11.9 Å². The van der Waals surface area contributed by atoms with Gasteiger partial charge in [0.15, 0.2) is 0 Å². The zero-order chi connectivity index (χ0) is 9.42. The van der Waals surface area contributed by atoms with Crippen LogP contribution in [0.2, 0.25) is 0 Å². The first kappa shape index (κ1) is 9.03. The van der Waals surface area contributed by atoms with E-state index in [0.29, 0.717) is 5.92 Å². The average Bonchev–Trinajstić information content (AvgIpc) is 2.12. The molecule has 0 saturated carbocycles. The van der Waals surface area contributed by atoms with E-state index in [0.717, 1.165) is 16.2 Å². The van der Waals surface area contributed by atoms with Crippen LogP contribution in [0.25, 0.3) is 0 Å². The Balaban J connectivity index is 2.44. The number of halogens is 1. The molecule has 0 radical (unpaired) electrons. The zero-order valence-corrected chi connectivity index (χ0v) is 8.27. The smallest absolute Gasteiger partial charge is 0.124 e. The van der Waals surface area contributed by atoms with Crippen LogP contribution in [0.5, 0.6) is 0 Å². The Kier molecular flexibility index (Phi) is 2.30. The first-order valence-corrected chi connectivity index (χ1v) is 5.35. The van der Waals surface area contributed by atoms with Crippen LogP contribution < -0.4 is 5.73 Å². The molecule has 0 saturated heterocycles. The lowest BCUT2D eigenvalue weighted by Crippen LogP contribution is -2.24. The Morgan fingerprint density at radius 3 is 3.08 bits per heavy atom. The van der Waals surface area contributed by atoms with Gasteiger partial charge in [0, 0.05) is 16.7 Å². The van der Waals surface area contributed by atoms with E-state index in [2.05, 4.69) is 6.92 Å². The maximum atomic E-state index is 12.9. The minimum atomic E-state index is -0.173. The van der Waals surface area contributed by atoms with Crippen molar-refractivity contribution in [3.8, 4) is 0 Å². The lowest BCUT2D eigenvalue weighted by atomic mass is 9.96. The minimum absolute atomic E-state index is 0.0665. The van der Waals surface area contributed by atoms with Crippen molar-refractivity contribution in [3.05, 3.63) is 29.6 Å². The molecule has 0 fully saturated rings. The molecule has 13 heavy (non-hydrogen) atoms. The summed E-state index contributed by atoms with van der Waals surface area (Å²) in [6.45, 7) is 2.13. The molecule has 1 aliphatic rings. The first-order chi connectivity index (χ1) is 6.18. The number of fused-ring (bicyclic) bond motifs is 1. The molecule has 1 aromatic carbocycles. The maximum absolute atomic E-state index is 12.9. The van der Waals surface area contributed by atoms with Crippen LogP contribution in [0, 0.1) is 11.7 Å². The second-order valence-corrected chi connectivity index (χ2v) is 4.56. The van der Waals surface area contributed by atoms with Gasteiger partial charge in [-0.15, -0.1) is 11.8 Å². The minimum Gasteiger partial charge on any atom is -0.324 e. The third-order valence-corrected chi connectivity index (χ3v) is 3.81. The molecule has 2 atom stereocenters. The van der Waals surface area contributed by atoms with Crippen molar-refractivity contribution in [3.63, 3.8) is 0 Å². The van der Waals surface area contributed by atoms with Gasteiger partial charge in [-0.2, -0.15) is 0 Å². The normalized spacial score (nSPS) is 27.0. The van der Waals surface area contributed by atoms with Gasteiger partial charge in [0.1, 0.15) is 5.82 Å². The van der Waals surface area contributed by atoms with Crippen LogP contribution in [0.1, 0.15) is 18.5 Å². The van der Waals surface area contributed by atoms with E-state index < -0.39 is 0 Å². The number of benzene rings is 1. The van der Waals surface area contributed by atoms with E-state index in [9.17, 15) is 4.39 Å². The molecule has 0 bridgehead atoms. The SMILES string of the molecule is CC1CSc2cc(F)ccc2C1N. The second-order valence-electron chi connectivity index (χ2n) is 3.50. The summed E-state index contributed by atoms with van der Waals surface area (Å²) in [6, 6.07) is 4.93. The molecule has 1 aliphatic heterocycles. The summed E-state index contributed by atoms with van der Waals surface area (Å²) in [5, 5.41) is 0. The molecule has 70 valence electrons. The van der Waals surface area contributed by atoms with Gasteiger partial charge in [0.2, 0.25) is 0 Å². The van der Waals surface area contributed by atoms with Crippen LogP contribution >= 0.6 is 11.8 Å². The number of rotatable bonds is 0. The van der Waals surface area contributed by atoms with Gasteiger partial charge in [0.25, 0.3) is 0 Å². The van der Waals surface area contributed by atoms with Crippen molar-refractivity contribution >= 4 is 11.8 Å². The van der Waals surface area contributed by atoms with Gasteiger partial charge in [-0.25, -0.2) is 4.39 Å². The first-order valence-electron chi connectivity index (χ1n) is 4.36. The molecule has 1 heterocycles. The Labute approximate surface area is 81.5 Å². The summed E-state index contributed by atoms with van der Waals surface area (Å²) in [6.07, 6.45) is 0. The predicted molar refractivity (Wildman–Crippen MR) is 53.2 cm³/mol. The fraction of sp³-hybridized carbons (Fsp3) is 0.400. The zero-order valence-electron chi connectivity index (χ0n) is 7.46. The monoisotopic (exact) mass is 197 g/mol. The molecule has 2 N–H and O–H groups in total. The van der Waals surface area contributed by atoms with E-state index in [4.69, 9.17) is 5.73 Å². The highest BCUT2D eigenvalue weighted by Crippen LogP contribution is 2.38. The molecule has 0 aromatic heterocycles. The molecule has 0 amide bonds. The molecular weight excluding hydrogens is 185 g/mol. The van der Waals surface area contributed by atoms with Crippen LogP contribution in [0.4, 0.5) is 4.39 Å². The molecular formula is C10H12FNS. The van der Waals surface area contributed by atoms with Crippen molar-refractivity contribution in [1.82, 2.24) is 0 Å². The fourth-order valence-electron chi connectivity index (χ4n) is 1.54. The predicted octanol–water partition coefficient (Wildman–Crippen LogP) is 2.57. The van der Waals surface area contributed by atoms with E-state index >= 15 is 0 Å². The molecule has 2 unspecified atom stereocenters. The average molecular weight is 197 g/mol. The summed E-state index contributed by atoms with van der Waals surface area (Å²) < 4.78 is 12.9. The van der Waals surface area contributed by atoms with Crippen LogP contribution in [0.3, 0.4) is 0 Å². The molecule has 0 spiro atoms. The molecule has 1 nitrogen and oxygen atoms in total. The van der Waals surface area contributed by atoms with Gasteiger partial charge >= 0.3 is 0 Å². The van der Waals surface area contributed by atoms with E-state index in [1.165, 1.54) is 6.07 Å². The Morgan fingerprint density at radius 1 is 1.54 bits per heavy atom. The van der Waals surface area contributed by atoms with Crippen LogP contribution in [-0.2, 0) is 0 Å². The lowest BCUT2D eigenvalue weighted by molar-refractivity contribution is 0.504. The van der Waals surface area contributed by atoms with Gasteiger partial charge in [-0.05, 0) is 23.6 Å². The van der Waals surface area contributed by atoms with Gasteiger partial charge in [0.05, 0.1) is 0 Å². The number of thioether (sulfide) groups is 1. The van der Waals surface area contributed by atoms with Gasteiger partial charge < -0.3 is 5.73 Å². The van der Waals surface area contributed by atoms with Crippen molar-refractivity contribution in [2.45, 2.75) is 17.9 Å². The Hall–Kier alpha value is -0.540. The van der Waals surface area contributed by atoms with E-state index in [1.807, 2.05) is 0 Å². The molecule has 1 aromatic rings. The van der Waals surface area contributed by atoms with Crippen LogP contribution in [-0.4, -0.2) is 5.75 Å². The summed E-state index contributed by atoms with van der Waals surface area (Å²) >= 11 is 1.69. The third kappa shape index (κ3) is 1.58. The Morgan fingerprint density at radius 2 is 2.31 bits per heavy atom. The summed E-state index contributed by atoms with van der Waals surface area (Å²) in [4.78, 5) is 1.01. The summed E-state index contributed by atoms with van der Waals surface area (Å²) in [5.74, 6) is 1.29. The van der Waals surface area contributed by atoms with Crippen LogP contribution in [0.15, 0.2) is 23.1 Å². The summed E-state index contributed by atoms with van der Waals surface area (Å²) in [5.41, 5.74) is 7.09. The Bertz CT molecular complexity index is 327. The standard InChI is InChI=1S/C10H12FNS/c1-6-5-13-9-4-7(11)2-3-8(9)10(6)12/h2-4,6,10H,5,12H2,1H3. The molecule has 0 aliphatic carbocycles. The van der Waals surface area contributed by atoms with Gasteiger partial charge in [-0.3, -0.25) is 0 Å². The maximum Gasteiger partial charge on any atom is 0.124 e. The summed E-state index contributed by atoms with van der Waals surface area (Å²) in [7, 11) is 0.